The molecule has 2 rings (SSSR count). The van der Waals surface area contributed by atoms with E-state index in [1.165, 1.54) is 30.9 Å². The molecule has 0 aliphatic carbocycles. The zero-order valence-electron chi connectivity index (χ0n) is 13.7. The predicted octanol–water partition coefficient (Wildman–Crippen LogP) is 0.551. The molecular weight excluding hydrogens is 366 g/mol. The number of anilines is 2. The molecular formula is C14H17N5O4S2. The first-order chi connectivity index (χ1) is 11.7. The van der Waals surface area contributed by atoms with E-state index in [2.05, 4.69) is 20.0 Å². The molecule has 0 spiro atoms. The van der Waals surface area contributed by atoms with Gasteiger partial charge >= 0.3 is 0 Å². The van der Waals surface area contributed by atoms with E-state index in [0.29, 0.717) is 11.3 Å². The van der Waals surface area contributed by atoms with Crippen molar-refractivity contribution in [3.8, 4) is 0 Å². The molecule has 0 radical (unpaired) electrons. The van der Waals surface area contributed by atoms with Crippen molar-refractivity contribution in [2.75, 3.05) is 18.6 Å². The summed E-state index contributed by atoms with van der Waals surface area (Å²) in [4.78, 5) is 30.3. The van der Waals surface area contributed by atoms with Gasteiger partial charge in [0.15, 0.2) is 11.0 Å². The molecule has 0 atom stereocenters. The van der Waals surface area contributed by atoms with Crippen LogP contribution in [0.5, 0.6) is 0 Å². The molecule has 11 heteroatoms. The first kappa shape index (κ1) is 19.0. The first-order valence-corrected chi connectivity index (χ1v) is 9.69. The summed E-state index contributed by atoms with van der Waals surface area (Å²) in [6, 6.07) is 4.42. The van der Waals surface area contributed by atoms with Gasteiger partial charge in [-0.3, -0.25) is 9.59 Å². The molecule has 25 heavy (non-hydrogen) atoms. The summed E-state index contributed by atoms with van der Waals surface area (Å²) in [5.41, 5.74) is 5.33. The summed E-state index contributed by atoms with van der Waals surface area (Å²) in [6.07, 6.45) is 1.71. The Kier molecular flexibility index (Phi) is 5.50. The van der Waals surface area contributed by atoms with E-state index >= 15 is 0 Å². The fraction of sp³-hybridized carbons (Fsp3) is 0.214. The summed E-state index contributed by atoms with van der Waals surface area (Å²) >= 11 is 1.18. The second-order valence-electron chi connectivity index (χ2n) is 4.97. The van der Waals surface area contributed by atoms with Crippen LogP contribution >= 0.6 is 11.8 Å². The number of nitrogens with one attached hydrogen (secondary N) is 3. The number of sulfonamides is 1. The van der Waals surface area contributed by atoms with Crippen LogP contribution in [0.1, 0.15) is 15.9 Å². The SMILES string of the molecule is CNS(=O)(=O)c1ccc(C)c(Nc2nc(SC)[nH]c(=O)c2C(N)=O)c1. The van der Waals surface area contributed by atoms with Crippen molar-refractivity contribution in [1.29, 1.82) is 0 Å². The number of aryl methyl sites for hydroxylation is 1. The molecule has 5 N–H and O–H groups in total. The largest absolute Gasteiger partial charge is 0.365 e. The maximum atomic E-state index is 12.1. The standard InChI is InChI=1S/C14H17N5O4S2/c1-7-4-5-8(25(22,23)16-2)6-9(7)17-12-10(11(15)20)13(21)19-14(18-12)24-3/h4-6,16H,1-3H3,(H2,15,20)(H2,17,18,19,21). The summed E-state index contributed by atoms with van der Waals surface area (Å²) in [7, 11) is -2.35. The maximum Gasteiger partial charge on any atom is 0.266 e. The summed E-state index contributed by atoms with van der Waals surface area (Å²) < 4.78 is 26.1. The normalized spacial score (nSPS) is 11.3. The minimum atomic E-state index is -3.65. The van der Waals surface area contributed by atoms with Gasteiger partial charge in [0.25, 0.3) is 11.5 Å². The lowest BCUT2D eigenvalue weighted by Crippen LogP contribution is -2.26. The molecule has 0 unspecified atom stereocenters. The number of benzene rings is 1. The number of primary amides is 1. The van der Waals surface area contributed by atoms with E-state index in [0.717, 1.165) is 0 Å². The van der Waals surface area contributed by atoms with E-state index in [4.69, 9.17) is 5.73 Å². The van der Waals surface area contributed by atoms with Gasteiger partial charge in [-0.15, -0.1) is 0 Å². The number of thioether (sulfide) groups is 1. The average Bonchev–Trinajstić information content (AvgIpc) is 2.55. The first-order valence-electron chi connectivity index (χ1n) is 6.99. The smallest absolute Gasteiger partial charge is 0.266 e. The quantitative estimate of drug-likeness (QED) is 0.421. The number of hydrogen-bond donors (Lipinski definition) is 4. The van der Waals surface area contributed by atoms with Crippen molar-refractivity contribution in [1.82, 2.24) is 14.7 Å². The van der Waals surface area contributed by atoms with E-state index < -0.39 is 21.5 Å². The highest BCUT2D eigenvalue weighted by molar-refractivity contribution is 7.98. The monoisotopic (exact) mass is 383 g/mol. The lowest BCUT2D eigenvalue weighted by atomic mass is 10.2. The summed E-state index contributed by atoms with van der Waals surface area (Å²) in [5.74, 6) is -0.983. The highest BCUT2D eigenvalue weighted by Crippen LogP contribution is 2.24. The van der Waals surface area contributed by atoms with Crippen molar-refractivity contribution in [3.05, 3.63) is 39.7 Å². The molecule has 1 aromatic heterocycles. The van der Waals surface area contributed by atoms with Gasteiger partial charge in [0, 0.05) is 5.69 Å². The number of carbonyl (C=O) groups is 1. The Morgan fingerprint density at radius 3 is 2.60 bits per heavy atom. The Balaban J connectivity index is 2.60. The van der Waals surface area contributed by atoms with Gasteiger partial charge in [-0.1, -0.05) is 17.8 Å². The van der Waals surface area contributed by atoms with Crippen LogP contribution in [0, 0.1) is 6.92 Å². The van der Waals surface area contributed by atoms with Crippen molar-refractivity contribution < 1.29 is 13.2 Å². The Morgan fingerprint density at radius 1 is 1.36 bits per heavy atom. The maximum absolute atomic E-state index is 12.1. The van der Waals surface area contributed by atoms with Crippen LogP contribution < -0.4 is 21.3 Å². The number of aromatic amines is 1. The van der Waals surface area contributed by atoms with Crippen LogP contribution in [0.3, 0.4) is 0 Å². The number of nitrogens with zero attached hydrogens (tertiary/aromatic N) is 1. The Morgan fingerprint density at radius 2 is 2.04 bits per heavy atom. The van der Waals surface area contributed by atoms with Crippen molar-refractivity contribution in [3.63, 3.8) is 0 Å². The number of carbonyl (C=O) groups excluding carboxylic acids is 1. The Bertz CT molecular complexity index is 985. The van der Waals surface area contributed by atoms with Gasteiger partial charge in [0.05, 0.1) is 4.90 Å². The molecule has 1 heterocycles. The molecule has 0 aliphatic rings. The van der Waals surface area contributed by atoms with Crippen molar-refractivity contribution in [2.45, 2.75) is 17.0 Å². The third-order valence-electron chi connectivity index (χ3n) is 3.38. The van der Waals surface area contributed by atoms with Crippen LogP contribution in [-0.2, 0) is 10.0 Å². The second kappa shape index (κ2) is 7.25. The molecule has 9 nitrogen and oxygen atoms in total. The molecule has 0 saturated heterocycles. The number of nitrogens with two attached hydrogens (primary N) is 1. The highest BCUT2D eigenvalue weighted by Gasteiger charge is 2.19. The van der Waals surface area contributed by atoms with Crippen LogP contribution in [0.15, 0.2) is 33.0 Å². The number of aromatic nitrogens is 2. The number of H-pyrrole nitrogens is 1. The zero-order valence-corrected chi connectivity index (χ0v) is 15.3. The molecule has 134 valence electrons. The molecule has 0 bridgehead atoms. The molecule has 1 amide bonds. The van der Waals surface area contributed by atoms with Crippen molar-refractivity contribution in [2.24, 2.45) is 5.73 Å². The van der Waals surface area contributed by atoms with Gasteiger partial charge in [0.2, 0.25) is 10.0 Å². The van der Waals surface area contributed by atoms with Gasteiger partial charge < -0.3 is 16.0 Å². The van der Waals surface area contributed by atoms with Gasteiger partial charge in [0.1, 0.15) is 5.56 Å². The number of amides is 1. The lowest BCUT2D eigenvalue weighted by molar-refractivity contribution is 0.0999. The van der Waals surface area contributed by atoms with Crippen molar-refractivity contribution >= 4 is 39.2 Å². The van der Waals surface area contributed by atoms with Crippen LogP contribution in [0.25, 0.3) is 0 Å². The molecule has 0 saturated carbocycles. The summed E-state index contributed by atoms with van der Waals surface area (Å²) in [5, 5.41) is 3.12. The minimum Gasteiger partial charge on any atom is -0.365 e. The number of rotatable bonds is 6. The van der Waals surface area contributed by atoms with Crippen LogP contribution in [-0.4, -0.2) is 37.6 Å². The second-order valence-corrected chi connectivity index (χ2v) is 7.65. The Hall–Kier alpha value is -2.37. The molecule has 2 aromatic rings. The Labute approximate surface area is 148 Å². The third kappa shape index (κ3) is 4.00. The average molecular weight is 383 g/mol. The molecule has 0 fully saturated rings. The van der Waals surface area contributed by atoms with Gasteiger partial charge in [-0.25, -0.2) is 18.1 Å². The highest BCUT2D eigenvalue weighted by atomic mass is 32.2. The minimum absolute atomic E-state index is 0.0265. The van der Waals surface area contributed by atoms with E-state index in [1.54, 1.807) is 19.2 Å². The van der Waals surface area contributed by atoms with E-state index in [9.17, 15) is 18.0 Å². The third-order valence-corrected chi connectivity index (χ3v) is 5.37. The van der Waals surface area contributed by atoms with Crippen LogP contribution in [0.4, 0.5) is 11.5 Å². The van der Waals surface area contributed by atoms with E-state index in [1.807, 2.05) is 0 Å². The topological polar surface area (TPSA) is 147 Å². The van der Waals surface area contributed by atoms with E-state index in [-0.39, 0.29) is 21.4 Å². The lowest BCUT2D eigenvalue weighted by Gasteiger charge is -2.13. The summed E-state index contributed by atoms with van der Waals surface area (Å²) in [6.45, 7) is 1.74. The number of hydrogen-bond acceptors (Lipinski definition) is 7. The fourth-order valence-corrected chi connectivity index (χ4v) is 3.15. The zero-order chi connectivity index (χ0) is 18.8. The van der Waals surface area contributed by atoms with Gasteiger partial charge in [-0.05, 0) is 37.9 Å². The fourth-order valence-electron chi connectivity index (χ4n) is 2.02. The van der Waals surface area contributed by atoms with Gasteiger partial charge in [-0.2, -0.15) is 0 Å². The van der Waals surface area contributed by atoms with Crippen LogP contribution in [0.2, 0.25) is 0 Å². The molecule has 1 aromatic carbocycles. The predicted molar refractivity (Wildman–Crippen MR) is 95.9 cm³/mol. The molecule has 0 aliphatic heterocycles.